The fourth-order valence-corrected chi connectivity index (χ4v) is 2.15. The molecule has 0 unspecified atom stereocenters. The summed E-state index contributed by atoms with van der Waals surface area (Å²) >= 11 is 0. The summed E-state index contributed by atoms with van der Waals surface area (Å²) < 4.78 is 28.5. The van der Waals surface area contributed by atoms with Gasteiger partial charge in [0, 0.05) is 12.4 Å². The van der Waals surface area contributed by atoms with Gasteiger partial charge in [0.05, 0.1) is 6.20 Å². The predicted octanol–water partition coefficient (Wildman–Crippen LogP) is 1.91. The predicted molar refractivity (Wildman–Crippen MR) is 73.7 cm³/mol. The van der Waals surface area contributed by atoms with E-state index in [4.69, 9.17) is 0 Å². The maximum atomic E-state index is 11.9. The first-order chi connectivity index (χ1) is 9.49. The number of oxime groups is 1. The number of benzene rings is 1. The van der Waals surface area contributed by atoms with E-state index in [0.717, 1.165) is 5.56 Å². The van der Waals surface area contributed by atoms with Gasteiger partial charge < -0.3 is 0 Å². The number of hydrogen-bond acceptors (Lipinski definition) is 6. The zero-order valence-electron chi connectivity index (χ0n) is 11.0. The lowest BCUT2D eigenvalue weighted by Crippen LogP contribution is -2.06. The summed E-state index contributed by atoms with van der Waals surface area (Å²) in [5.41, 5.74) is 1.74. The second-order valence-corrected chi connectivity index (χ2v) is 5.64. The Balaban J connectivity index is 2.19. The second kappa shape index (κ2) is 5.79. The molecule has 0 atom stereocenters. The molecule has 20 heavy (non-hydrogen) atoms. The molecule has 2 aromatic rings. The minimum atomic E-state index is -3.92. The summed E-state index contributed by atoms with van der Waals surface area (Å²) in [6, 6.07) is 6.32. The van der Waals surface area contributed by atoms with E-state index in [-0.39, 0.29) is 4.90 Å². The van der Waals surface area contributed by atoms with Crippen molar-refractivity contribution in [2.75, 3.05) is 0 Å². The molecule has 0 radical (unpaired) electrons. The Kier molecular flexibility index (Phi) is 4.09. The molecule has 2 rings (SSSR count). The molecule has 0 fully saturated rings. The van der Waals surface area contributed by atoms with Gasteiger partial charge in [-0.3, -0.25) is 14.3 Å². The highest BCUT2D eigenvalue weighted by Crippen LogP contribution is 2.13. The summed E-state index contributed by atoms with van der Waals surface area (Å²) in [7, 11) is -3.92. The van der Waals surface area contributed by atoms with E-state index in [9.17, 15) is 8.42 Å². The lowest BCUT2D eigenvalue weighted by Gasteiger charge is -2.03. The third-order valence-electron chi connectivity index (χ3n) is 2.52. The molecule has 0 saturated heterocycles. The first kappa shape index (κ1) is 14.1. The third kappa shape index (κ3) is 3.39. The zero-order chi connectivity index (χ0) is 14.6. The number of rotatable bonds is 4. The van der Waals surface area contributed by atoms with Crippen LogP contribution >= 0.6 is 0 Å². The van der Waals surface area contributed by atoms with Crippen molar-refractivity contribution in [3.05, 3.63) is 54.1 Å². The summed E-state index contributed by atoms with van der Waals surface area (Å²) in [6.07, 6.45) is 4.48. The van der Waals surface area contributed by atoms with Crippen molar-refractivity contribution in [2.45, 2.75) is 18.7 Å². The standard InChI is InChI=1S/C13H13N3O3S/c1-10-3-5-12(6-4-10)20(17,18)19-16-11(2)13-9-14-7-8-15-13/h3-9H,1-2H3/b16-11+. The third-order valence-corrected chi connectivity index (χ3v) is 3.64. The SMILES string of the molecule is C/C(=N\OS(=O)(=O)c1ccc(C)cc1)c1cnccn1. The summed E-state index contributed by atoms with van der Waals surface area (Å²) in [4.78, 5) is 7.92. The van der Waals surface area contributed by atoms with Crippen molar-refractivity contribution < 1.29 is 12.7 Å². The van der Waals surface area contributed by atoms with Crippen molar-refractivity contribution in [2.24, 2.45) is 5.16 Å². The number of hydrogen-bond donors (Lipinski definition) is 0. The molecular formula is C13H13N3O3S. The van der Waals surface area contributed by atoms with Crippen molar-refractivity contribution >= 4 is 15.8 Å². The maximum absolute atomic E-state index is 11.9. The molecule has 104 valence electrons. The van der Waals surface area contributed by atoms with Gasteiger partial charge in [-0.2, -0.15) is 8.42 Å². The van der Waals surface area contributed by atoms with Gasteiger partial charge in [-0.1, -0.05) is 22.9 Å². The Hall–Kier alpha value is -2.28. The normalized spacial score (nSPS) is 12.2. The van der Waals surface area contributed by atoms with Crippen LogP contribution in [-0.4, -0.2) is 24.1 Å². The van der Waals surface area contributed by atoms with E-state index in [1.807, 2.05) is 6.92 Å². The number of aryl methyl sites for hydroxylation is 1. The van der Waals surface area contributed by atoms with Crippen LogP contribution in [0.15, 0.2) is 52.9 Å². The summed E-state index contributed by atoms with van der Waals surface area (Å²) in [5, 5.41) is 3.59. The molecule has 0 spiro atoms. The quantitative estimate of drug-likeness (QED) is 0.635. The van der Waals surface area contributed by atoms with Crippen LogP contribution in [0, 0.1) is 6.92 Å². The lowest BCUT2D eigenvalue weighted by molar-refractivity contribution is 0.338. The highest BCUT2D eigenvalue weighted by molar-refractivity contribution is 7.86. The molecule has 7 heteroatoms. The molecule has 1 aromatic carbocycles. The fourth-order valence-electron chi connectivity index (χ4n) is 1.39. The molecular weight excluding hydrogens is 278 g/mol. The lowest BCUT2D eigenvalue weighted by atomic mass is 10.2. The highest BCUT2D eigenvalue weighted by Gasteiger charge is 2.15. The first-order valence-corrected chi connectivity index (χ1v) is 7.21. The van der Waals surface area contributed by atoms with E-state index < -0.39 is 10.1 Å². The Morgan fingerprint density at radius 1 is 1.20 bits per heavy atom. The topological polar surface area (TPSA) is 81.5 Å². The smallest absolute Gasteiger partial charge is 0.264 e. The van der Waals surface area contributed by atoms with Crippen molar-refractivity contribution in [3.8, 4) is 0 Å². The molecule has 0 amide bonds. The summed E-state index contributed by atoms with van der Waals surface area (Å²) in [6.45, 7) is 3.46. The van der Waals surface area contributed by atoms with Gasteiger partial charge in [0.1, 0.15) is 16.3 Å². The number of nitrogens with zero attached hydrogens (tertiary/aromatic N) is 3. The van der Waals surface area contributed by atoms with E-state index in [0.29, 0.717) is 11.4 Å². The second-order valence-electron chi connectivity index (χ2n) is 4.11. The van der Waals surface area contributed by atoms with Crippen molar-refractivity contribution in [1.82, 2.24) is 9.97 Å². The largest absolute Gasteiger partial charge is 0.358 e. The van der Waals surface area contributed by atoms with E-state index in [1.165, 1.54) is 30.7 Å². The maximum Gasteiger partial charge on any atom is 0.358 e. The first-order valence-electron chi connectivity index (χ1n) is 5.80. The molecule has 0 aliphatic carbocycles. The molecule has 0 saturated carbocycles. The van der Waals surface area contributed by atoms with Crippen LogP contribution in [0.5, 0.6) is 0 Å². The van der Waals surface area contributed by atoms with Gasteiger partial charge >= 0.3 is 10.1 Å². The van der Waals surface area contributed by atoms with Crippen LogP contribution in [0.25, 0.3) is 0 Å². The van der Waals surface area contributed by atoms with Gasteiger partial charge in [0.25, 0.3) is 0 Å². The monoisotopic (exact) mass is 291 g/mol. The van der Waals surface area contributed by atoms with Gasteiger partial charge in [-0.25, -0.2) is 0 Å². The average Bonchev–Trinajstić information content (AvgIpc) is 2.46. The number of aromatic nitrogens is 2. The molecule has 1 aromatic heterocycles. The van der Waals surface area contributed by atoms with E-state index >= 15 is 0 Å². The van der Waals surface area contributed by atoms with Gasteiger partial charge in [-0.05, 0) is 26.0 Å². The van der Waals surface area contributed by atoms with Crippen LogP contribution in [0.3, 0.4) is 0 Å². The van der Waals surface area contributed by atoms with Gasteiger partial charge in [0.15, 0.2) is 0 Å². The molecule has 1 heterocycles. The molecule has 0 N–H and O–H groups in total. The van der Waals surface area contributed by atoms with Crippen LogP contribution in [-0.2, 0) is 14.4 Å². The molecule has 0 bridgehead atoms. The van der Waals surface area contributed by atoms with Crippen LogP contribution < -0.4 is 0 Å². The van der Waals surface area contributed by atoms with E-state index in [1.54, 1.807) is 19.1 Å². The van der Waals surface area contributed by atoms with Crippen LogP contribution in [0.1, 0.15) is 18.2 Å². The Morgan fingerprint density at radius 3 is 2.50 bits per heavy atom. The Bertz CT molecular complexity index is 710. The molecule has 6 nitrogen and oxygen atoms in total. The molecule has 0 aliphatic rings. The highest BCUT2D eigenvalue weighted by atomic mass is 32.2. The van der Waals surface area contributed by atoms with Gasteiger partial charge in [-0.15, -0.1) is 0 Å². The fraction of sp³-hybridized carbons (Fsp3) is 0.154. The van der Waals surface area contributed by atoms with E-state index in [2.05, 4.69) is 19.4 Å². The minimum Gasteiger partial charge on any atom is -0.264 e. The van der Waals surface area contributed by atoms with Crippen LogP contribution in [0.2, 0.25) is 0 Å². The van der Waals surface area contributed by atoms with Gasteiger partial charge in [0.2, 0.25) is 0 Å². The van der Waals surface area contributed by atoms with Crippen molar-refractivity contribution in [3.63, 3.8) is 0 Å². The van der Waals surface area contributed by atoms with Crippen molar-refractivity contribution in [1.29, 1.82) is 0 Å². The Labute approximate surface area is 117 Å². The zero-order valence-corrected chi connectivity index (χ0v) is 11.8. The Morgan fingerprint density at radius 2 is 1.90 bits per heavy atom. The minimum absolute atomic E-state index is 0.0544. The summed E-state index contributed by atoms with van der Waals surface area (Å²) in [5.74, 6) is 0. The average molecular weight is 291 g/mol. The molecule has 0 aliphatic heterocycles. The van der Waals surface area contributed by atoms with Crippen LogP contribution in [0.4, 0.5) is 0 Å².